The number of hydrogen-bond acceptors (Lipinski definition) is 2. The molecule has 1 heterocycles. The molecule has 1 aromatic heterocycles. The molecule has 0 aliphatic heterocycles. The van der Waals surface area contributed by atoms with Gasteiger partial charge >= 0.3 is 0 Å². The van der Waals surface area contributed by atoms with E-state index in [1.807, 2.05) is 30.5 Å². The summed E-state index contributed by atoms with van der Waals surface area (Å²) in [6.45, 7) is 0. The quantitative estimate of drug-likeness (QED) is 0.542. The van der Waals surface area contributed by atoms with Crippen LogP contribution in [0.4, 0.5) is 10.1 Å². The lowest BCUT2D eigenvalue weighted by Gasteiger charge is -2.17. The van der Waals surface area contributed by atoms with E-state index in [-0.39, 0.29) is 11.7 Å². The van der Waals surface area contributed by atoms with Gasteiger partial charge in [0, 0.05) is 29.3 Å². The molecule has 0 radical (unpaired) electrons. The highest BCUT2D eigenvalue weighted by atomic mass is 19.1. The number of nitrogens with zero attached hydrogens (tertiary/aromatic N) is 1. The zero-order valence-electron chi connectivity index (χ0n) is 17.4. The van der Waals surface area contributed by atoms with Gasteiger partial charge < -0.3 is 5.32 Å². The smallest absolute Gasteiger partial charge is 0.224 e. The average Bonchev–Trinajstić information content (AvgIpc) is 3.32. The summed E-state index contributed by atoms with van der Waals surface area (Å²) in [5.41, 5.74) is 3.68. The van der Waals surface area contributed by atoms with Crippen molar-refractivity contribution in [2.45, 2.75) is 38.0 Å². The third-order valence-electron chi connectivity index (χ3n) is 7.10. The lowest BCUT2D eigenvalue weighted by molar-refractivity contribution is -0.117. The van der Waals surface area contributed by atoms with E-state index < -0.39 is 0 Å². The Morgan fingerprint density at radius 3 is 2.52 bits per heavy atom. The number of carbonyl (C=O) groups is 1. The number of halogens is 1. The number of fused-ring (bicyclic) bond motifs is 2. The van der Waals surface area contributed by atoms with E-state index in [9.17, 15) is 9.18 Å². The molecule has 156 valence electrons. The molecule has 3 aromatic rings. The number of aromatic nitrogens is 1. The molecule has 0 saturated heterocycles. The van der Waals surface area contributed by atoms with E-state index in [1.165, 1.54) is 11.6 Å². The average molecular weight is 413 g/mol. The largest absolute Gasteiger partial charge is 0.326 e. The van der Waals surface area contributed by atoms with E-state index in [4.69, 9.17) is 6.42 Å². The van der Waals surface area contributed by atoms with Gasteiger partial charge in [-0.3, -0.25) is 9.78 Å². The summed E-state index contributed by atoms with van der Waals surface area (Å²) in [7, 11) is 0. The Balaban J connectivity index is 1.20. The summed E-state index contributed by atoms with van der Waals surface area (Å²) in [4.78, 5) is 16.9. The minimum atomic E-state index is -0.208. The molecule has 2 aromatic carbocycles. The minimum Gasteiger partial charge on any atom is -0.326 e. The van der Waals surface area contributed by atoms with Crippen LogP contribution in [0.15, 0.2) is 54.7 Å². The first-order valence-electron chi connectivity index (χ1n) is 11.0. The zero-order chi connectivity index (χ0) is 21.4. The SMILES string of the molecule is C#Cc1ccc(NC(=O)C[C@@H]2C[C@H]3CC(c4ccnc5ccc(F)cc45)C[C@H]3C2)cc1. The Labute approximate surface area is 182 Å². The number of amides is 1. The Hall–Kier alpha value is -3.19. The Morgan fingerprint density at radius 1 is 1.06 bits per heavy atom. The molecule has 1 N–H and O–H groups in total. The third kappa shape index (κ3) is 4.05. The van der Waals surface area contributed by atoms with Crippen LogP contribution in [0.1, 0.15) is 49.1 Å². The molecule has 2 aliphatic carbocycles. The van der Waals surface area contributed by atoms with Crippen LogP contribution in [0, 0.1) is 35.9 Å². The summed E-state index contributed by atoms with van der Waals surface area (Å²) in [5.74, 6) is 4.63. The summed E-state index contributed by atoms with van der Waals surface area (Å²) < 4.78 is 13.8. The number of anilines is 1. The van der Waals surface area contributed by atoms with Crippen LogP contribution in [0.2, 0.25) is 0 Å². The predicted octanol–water partition coefficient (Wildman–Crippen LogP) is 5.90. The Bertz CT molecular complexity index is 1150. The number of pyridine rings is 1. The van der Waals surface area contributed by atoms with Gasteiger partial charge in [-0.1, -0.05) is 5.92 Å². The van der Waals surface area contributed by atoms with Gasteiger partial charge in [-0.15, -0.1) is 6.42 Å². The van der Waals surface area contributed by atoms with E-state index in [0.717, 1.165) is 47.8 Å². The second-order valence-electron chi connectivity index (χ2n) is 9.06. The maximum absolute atomic E-state index is 13.8. The molecule has 3 nitrogen and oxygen atoms in total. The number of rotatable bonds is 4. The summed E-state index contributed by atoms with van der Waals surface area (Å²) in [5, 5.41) is 3.94. The van der Waals surface area contributed by atoms with Gasteiger partial charge in [-0.25, -0.2) is 4.39 Å². The number of nitrogens with one attached hydrogen (secondary N) is 1. The highest BCUT2D eigenvalue weighted by Gasteiger charge is 2.42. The standard InChI is InChI=1S/C27H25FN2O/c1-2-17-3-6-23(7-4-17)30-27(31)13-18-11-19-14-21(15-20(19)12-18)24-9-10-29-26-8-5-22(28)16-25(24)26/h1,3-10,16,18-21H,11-15H2,(H,30,31)/t18-,19+,20-,21?. The fourth-order valence-electron chi connectivity index (χ4n) is 5.78. The van der Waals surface area contributed by atoms with E-state index in [2.05, 4.69) is 22.3 Å². The molecule has 1 unspecified atom stereocenters. The number of benzene rings is 2. The van der Waals surface area contributed by atoms with Gasteiger partial charge in [-0.05, 0) is 103 Å². The highest BCUT2D eigenvalue weighted by molar-refractivity contribution is 5.91. The number of hydrogen-bond donors (Lipinski definition) is 1. The molecule has 4 atom stereocenters. The molecule has 0 spiro atoms. The second kappa shape index (κ2) is 8.15. The normalized spacial score (nSPS) is 24.6. The minimum absolute atomic E-state index is 0.0746. The van der Waals surface area contributed by atoms with Gasteiger partial charge in [0.25, 0.3) is 0 Å². The van der Waals surface area contributed by atoms with Crippen LogP contribution < -0.4 is 5.32 Å². The van der Waals surface area contributed by atoms with Crippen molar-refractivity contribution in [3.63, 3.8) is 0 Å². The van der Waals surface area contributed by atoms with Crippen molar-refractivity contribution in [3.8, 4) is 12.3 Å². The molecule has 1 amide bonds. The zero-order valence-corrected chi connectivity index (χ0v) is 17.4. The molecule has 2 saturated carbocycles. The van der Waals surface area contributed by atoms with Gasteiger partial charge in [0.15, 0.2) is 0 Å². The van der Waals surface area contributed by atoms with Crippen molar-refractivity contribution in [3.05, 3.63) is 71.7 Å². The molecule has 2 aliphatic rings. The summed E-state index contributed by atoms with van der Waals surface area (Å²) >= 11 is 0. The fourth-order valence-corrected chi connectivity index (χ4v) is 5.78. The number of terminal acetylenes is 1. The third-order valence-corrected chi connectivity index (χ3v) is 7.10. The first-order valence-corrected chi connectivity index (χ1v) is 11.0. The van der Waals surface area contributed by atoms with Crippen molar-refractivity contribution < 1.29 is 9.18 Å². The molecular weight excluding hydrogens is 387 g/mol. The topological polar surface area (TPSA) is 42.0 Å². The van der Waals surface area contributed by atoms with Crippen molar-refractivity contribution in [2.24, 2.45) is 17.8 Å². The maximum Gasteiger partial charge on any atom is 0.224 e. The van der Waals surface area contributed by atoms with Crippen molar-refractivity contribution in [1.82, 2.24) is 4.98 Å². The van der Waals surface area contributed by atoms with Crippen molar-refractivity contribution >= 4 is 22.5 Å². The van der Waals surface area contributed by atoms with Crippen LogP contribution in [0.25, 0.3) is 10.9 Å². The fraction of sp³-hybridized carbons (Fsp3) is 0.333. The summed E-state index contributed by atoms with van der Waals surface area (Å²) in [6.07, 6.45) is 12.2. The first-order chi connectivity index (χ1) is 15.1. The highest BCUT2D eigenvalue weighted by Crippen LogP contribution is 2.53. The van der Waals surface area contributed by atoms with E-state index in [1.54, 1.807) is 12.1 Å². The lowest BCUT2D eigenvalue weighted by Crippen LogP contribution is -2.15. The van der Waals surface area contributed by atoms with Crippen LogP contribution in [0.3, 0.4) is 0 Å². The molecule has 31 heavy (non-hydrogen) atoms. The second-order valence-corrected chi connectivity index (χ2v) is 9.06. The van der Waals surface area contributed by atoms with Gasteiger partial charge in [0.1, 0.15) is 5.82 Å². The lowest BCUT2D eigenvalue weighted by atomic mass is 9.89. The Morgan fingerprint density at radius 2 is 1.81 bits per heavy atom. The molecule has 5 rings (SSSR count). The van der Waals surface area contributed by atoms with Gasteiger partial charge in [-0.2, -0.15) is 0 Å². The predicted molar refractivity (Wildman–Crippen MR) is 121 cm³/mol. The van der Waals surface area contributed by atoms with Crippen molar-refractivity contribution in [1.29, 1.82) is 0 Å². The molecule has 0 bridgehead atoms. The van der Waals surface area contributed by atoms with Gasteiger partial charge in [0.05, 0.1) is 5.52 Å². The van der Waals surface area contributed by atoms with Crippen LogP contribution >= 0.6 is 0 Å². The first kappa shape index (κ1) is 19.8. The van der Waals surface area contributed by atoms with Crippen LogP contribution in [-0.4, -0.2) is 10.9 Å². The van der Waals surface area contributed by atoms with Crippen LogP contribution in [-0.2, 0) is 4.79 Å². The van der Waals surface area contributed by atoms with E-state index in [0.29, 0.717) is 30.1 Å². The van der Waals surface area contributed by atoms with Crippen LogP contribution in [0.5, 0.6) is 0 Å². The van der Waals surface area contributed by atoms with E-state index >= 15 is 0 Å². The summed E-state index contributed by atoms with van der Waals surface area (Å²) in [6, 6.07) is 14.3. The van der Waals surface area contributed by atoms with Crippen molar-refractivity contribution in [2.75, 3.05) is 5.32 Å². The Kier molecular flexibility index (Phi) is 5.19. The molecule has 2 fully saturated rings. The monoisotopic (exact) mass is 412 g/mol. The molecule has 4 heteroatoms. The number of carbonyl (C=O) groups excluding carboxylic acids is 1. The molecular formula is C27H25FN2O. The maximum atomic E-state index is 13.8. The van der Waals surface area contributed by atoms with Gasteiger partial charge in [0.2, 0.25) is 5.91 Å².